The predicted molar refractivity (Wildman–Crippen MR) is 84.6 cm³/mol. The second-order valence-corrected chi connectivity index (χ2v) is 5.55. The lowest BCUT2D eigenvalue weighted by Gasteiger charge is -2.20. The Morgan fingerprint density at radius 1 is 1.41 bits per heavy atom. The summed E-state index contributed by atoms with van der Waals surface area (Å²) in [5.74, 6) is -0.117. The number of carbonyl (C=O) groups excluding carboxylic acids is 2. The first-order valence-corrected chi connectivity index (χ1v) is 7.57. The number of amides is 3. The van der Waals surface area contributed by atoms with Gasteiger partial charge in [0.2, 0.25) is 5.91 Å². The molecule has 1 aromatic carbocycles. The van der Waals surface area contributed by atoms with Crippen molar-refractivity contribution in [2.24, 2.45) is 0 Å². The summed E-state index contributed by atoms with van der Waals surface area (Å²) in [4.78, 5) is 22.9. The summed E-state index contributed by atoms with van der Waals surface area (Å²) < 4.78 is 5.55. The van der Waals surface area contributed by atoms with E-state index in [0.29, 0.717) is 6.54 Å². The zero-order chi connectivity index (χ0) is 15.9. The number of benzene rings is 1. The van der Waals surface area contributed by atoms with Crippen molar-refractivity contribution in [1.82, 2.24) is 10.6 Å². The molecule has 1 aromatic rings. The highest BCUT2D eigenvalue weighted by atomic mass is 16.5. The summed E-state index contributed by atoms with van der Waals surface area (Å²) in [6.07, 6.45) is 2.14. The summed E-state index contributed by atoms with van der Waals surface area (Å²) in [5.41, 5.74) is 1.64. The van der Waals surface area contributed by atoms with Gasteiger partial charge >= 0.3 is 6.03 Å². The van der Waals surface area contributed by atoms with Gasteiger partial charge in [0.25, 0.3) is 0 Å². The molecule has 1 aliphatic rings. The molecule has 0 aromatic heterocycles. The van der Waals surface area contributed by atoms with E-state index in [2.05, 4.69) is 16.0 Å². The fourth-order valence-electron chi connectivity index (χ4n) is 2.49. The van der Waals surface area contributed by atoms with Gasteiger partial charge in [0.1, 0.15) is 0 Å². The third-order valence-electron chi connectivity index (χ3n) is 3.58. The van der Waals surface area contributed by atoms with E-state index in [1.807, 2.05) is 31.2 Å². The van der Waals surface area contributed by atoms with Crippen LogP contribution in [0.25, 0.3) is 0 Å². The Morgan fingerprint density at radius 3 is 2.91 bits per heavy atom. The van der Waals surface area contributed by atoms with Crippen LogP contribution in [0.15, 0.2) is 24.3 Å². The molecule has 0 aliphatic carbocycles. The fraction of sp³-hybridized carbons (Fsp3) is 0.500. The molecule has 1 fully saturated rings. The third-order valence-corrected chi connectivity index (χ3v) is 3.58. The summed E-state index contributed by atoms with van der Waals surface area (Å²) in [7, 11) is 0. The molecule has 0 unspecified atom stereocenters. The van der Waals surface area contributed by atoms with Gasteiger partial charge in [-0.15, -0.1) is 0 Å². The molecular formula is C16H23N3O3. The first-order chi connectivity index (χ1) is 10.5. The number of hydrogen-bond acceptors (Lipinski definition) is 3. The maximum Gasteiger partial charge on any atom is 0.315 e. The topological polar surface area (TPSA) is 79.5 Å². The number of hydrogen-bond donors (Lipinski definition) is 3. The number of nitrogens with one attached hydrogen (secondary N) is 3. The Hall–Kier alpha value is -2.08. The highest BCUT2D eigenvalue weighted by molar-refractivity contribution is 5.88. The average molecular weight is 305 g/mol. The van der Waals surface area contributed by atoms with Crippen LogP contribution in [-0.2, 0) is 16.1 Å². The predicted octanol–water partition coefficient (Wildman–Crippen LogP) is 2.01. The largest absolute Gasteiger partial charge is 0.376 e. The van der Waals surface area contributed by atoms with Crippen LogP contribution in [0, 0.1) is 0 Å². The van der Waals surface area contributed by atoms with Gasteiger partial charge in [0.05, 0.1) is 12.1 Å². The zero-order valence-electron chi connectivity index (χ0n) is 13.0. The molecule has 120 valence electrons. The third kappa shape index (κ3) is 5.04. The molecule has 6 heteroatoms. The zero-order valence-corrected chi connectivity index (χ0v) is 13.0. The molecule has 0 spiro atoms. The number of urea groups is 1. The van der Waals surface area contributed by atoms with E-state index in [-0.39, 0.29) is 24.1 Å². The standard InChI is InChI=1S/C16H23N3O3/c1-11(15-7-4-8-22-15)18-16(21)17-10-13-5-3-6-14(9-13)19-12(2)20/h3,5-6,9,11,15H,4,7-8,10H2,1-2H3,(H,19,20)(H2,17,18,21)/t11-,15+/m0/s1. The highest BCUT2D eigenvalue weighted by Crippen LogP contribution is 2.15. The number of carbonyl (C=O) groups is 2. The maximum absolute atomic E-state index is 11.9. The normalized spacial score (nSPS) is 18.5. The van der Waals surface area contributed by atoms with E-state index in [4.69, 9.17) is 4.74 Å². The van der Waals surface area contributed by atoms with E-state index in [0.717, 1.165) is 30.7 Å². The van der Waals surface area contributed by atoms with Crippen LogP contribution in [0.1, 0.15) is 32.3 Å². The maximum atomic E-state index is 11.9. The Bertz CT molecular complexity index is 527. The van der Waals surface area contributed by atoms with Crippen molar-refractivity contribution in [2.75, 3.05) is 11.9 Å². The number of anilines is 1. The highest BCUT2D eigenvalue weighted by Gasteiger charge is 2.23. The first-order valence-electron chi connectivity index (χ1n) is 7.57. The molecule has 0 saturated carbocycles. The minimum Gasteiger partial charge on any atom is -0.376 e. The molecule has 6 nitrogen and oxygen atoms in total. The number of ether oxygens (including phenoxy) is 1. The molecule has 1 saturated heterocycles. The van der Waals surface area contributed by atoms with E-state index in [1.54, 1.807) is 0 Å². The van der Waals surface area contributed by atoms with Gasteiger partial charge in [-0.3, -0.25) is 4.79 Å². The van der Waals surface area contributed by atoms with Crippen LogP contribution in [0.5, 0.6) is 0 Å². The molecule has 1 heterocycles. The van der Waals surface area contributed by atoms with Crippen molar-refractivity contribution in [3.05, 3.63) is 29.8 Å². The molecule has 1 aliphatic heterocycles. The number of rotatable bonds is 5. The first kappa shape index (κ1) is 16.3. The summed E-state index contributed by atoms with van der Waals surface area (Å²) >= 11 is 0. The van der Waals surface area contributed by atoms with Crippen LogP contribution >= 0.6 is 0 Å². The van der Waals surface area contributed by atoms with Gasteiger partial charge in [-0.25, -0.2) is 4.79 Å². The van der Waals surface area contributed by atoms with Crippen molar-refractivity contribution in [3.63, 3.8) is 0 Å². The molecule has 2 rings (SSSR count). The lowest BCUT2D eigenvalue weighted by atomic mass is 10.1. The van der Waals surface area contributed by atoms with Crippen LogP contribution in [0.2, 0.25) is 0 Å². The summed E-state index contributed by atoms with van der Waals surface area (Å²) in [6.45, 7) is 4.59. The van der Waals surface area contributed by atoms with Crippen molar-refractivity contribution in [1.29, 1.82) is 0 Å². The minimum absolute atomic E-state index is 0.00628. The van der Waals surface area contributed by atoms with Crippen molar-refractivity contribution < 1.29 is 14.3 Å². The smallest absolute Gasteiger partial charge is 0.315 e. The Balaban J connectivity index is 1.79. The van der Waals surface area contributed by atoms with Gasteiger partial charge < -0.3 is 20.7 Å². The lowest BCUT2D eigenvalue weighted by Crippen LogP contribution is -2.45. The van der Waals surface area contributed by atoms with E-state index >= 15 is 0 Å². The quantitative estimate of drug-likeness (QED) is 0.778. The fourth-order valence-corrected chi connectivity index (χ4v) is 2.49. The molecule has 3 amide bonds. The van der Waals surface area contributed by atoms with Crippen LogP contribution in [0.3, 0.4) is 0 Å². The molecule has 22 heavy (non-hydrogen) atoms. The Labute approximate surface area is 130 Å². The Morgan fingerprint density at radius 2 is 2.23 bits per heavy atom. The molecular weight excluding hydrogens is 282 g/mol. The van der Waals surface area contributed by atoms with Crippen molar-refractivity contribution >= 4 is 17.6 Å². The molecule has 0 radical (unpaired) electrons. The van der Waals surface area contributed by atoms with Crippen LogP contribution in [0.4, 0.5) is 10.5 Å². The van der Waals surface area contributed by atoms with Gasteiger partial charge in [-0.1, -0.05) is 12.1 Å². The summed E-state index contributed by atoms with van der Waals surface area (Å²) in [6, 6.07) is 7.17. The molecule has 3 N–H and O–H groups in total. The van der Waals surface area contributed by atoms with Crippen LogP contribution in [-0.4, -0.2) is 30.7 Å². The van der Waals surface area contributed by atoms with Crippen molar-refractivity contribution in [2.45, 2.75) is 45.4 Å². The second-order valence-electron chi connectivity index (χ2n) is 5.55. The van der Waals surface area contributed by atoms with Gasteiger partial charge in [-0.2, -0.15) is 0 Å². The van der Waals surface area contributed by atoms with Gasteiger partial charge in [0, 0.05) is 25.8 Å². The second kappa shape index (κ2) is 7.79. The minimum atomic E-state index is -0.215. The Kier molecular flexibility index (Phi) is 5.77. The van der Waals surface area contributed by atoms with Gasteiger partial charge in [-0.05, 0) is 37.5 Å². The average Bonchev–Trinajstić information content (AvgIpc) is 2.99. The summed E-state index contributed by atoms with van der Waals surface area (Å²) in [5, 5.41) is 8.43. The SMILES string of the molecule is CC(=O)Nc1cccc(CNC(=O)N[C@@H](C)[C@H]2CCCO2)c1. The molecule has 0 bridgehead atoms. The van der Waals surface area contributed by atoms with Crippen LogP contribution < -0.4 is 16.0 Å². The van der Waals surface area contributed by atoms with E-state index < -0.39 is 0 Å². The van der Waals surface area contributed by atoms with E-state index in [1.165, 1.54) is 6.92 Å². The lowest BCUT2D eigenvalue weighted by molar-refractivity contribution is -0.114. The van der Waals surface area contributed by atoms with E-state index in [9.17, 15) is 9.59 Å². The monoisotopic (exact) mass is 305 g/mol. The van der Waals surface area contributed by atoms with Gasteiger partial charge in [0.15, 0.2) is 0 Å². The van der Waals surface area contributed by atoms with Crippen molar-refractivity contribution in [3.8, 4) is 0 Å². The molecule has 2 atom stereocenters.